The second kappa shape index (κ2) is 8.58. The zero-order valence-corrected chi connectivity index (χ0v) is 15.7. The first-order chi connectivity index (χ1) is 12.1. The number of rotatable bonds is 4. The van der Waals surface area contributed by atoms with Gasteiger partial charge in [0.2, 0.25) is 5.11 Å². The van der Waals surface area contributed by atoms with Crippen molar-refractivity contribution in [3.63, 3.8) is 0 Å². The third kappa shape index (κ3) is 5.12. The molecule has 2 aromatic rings. The van der Waals surface area contributed by atoms with Crippen LogP contribution in [-0.4, -0.2) is 34.4 Å². The Morgan fingerprint density at radius 2 is 2.00 bits per heavy atom. The Bertz CT molecular complexity index is 790. The van der Waals surface area contributed by atoms with Gasteiger partial charge < -0.3 is 0 Å². The third-order valence-corrected chi connectivity index (χ3v) is 4.44. The third-order valence-electron chi connectivity index (χ3n) is 3.71. The van der Waals surface area contributed by atoms with Gasteiger partial charge in [-0.1, -0.05) is 29.3 Å². The van der Waals surface area contributed by atoms with Crippen LogP contribution in [-0.2, 0) is 0 Å². The van der Waals surface area contributed by atoms with Crippen molar-refractivity contribution < 1.29 is 0 Å². The Balaban J connectivity index is 1.64. The van der Waals surface area contributed by atoms with Crippen LogP contribution in [0, 0.1) is 0 Å². The van der Waals surface area contributed by atoms with E-state index >= 15 is 0 Å². The van der Waals surface area contributed by atoms with Gasteiger partial charge in [0.1, 0.15) is 0 Å². The topological polar surface area (TPSA) is 52.6 Å². The average Bonchev–Trinajstić information content (AvgIpc) is 3.08. The van der Waals surface area contributed by atoms with E-state index in [2.05, 4.69) is 25.9 Å². The molecule has 2 heterocycles. The molecule has 0 radical (unpaired) electrons. The zero-order valence-electron chi connectivity index (χ0n) is 13.4. The highest BCUT2D eigenvalue weighted by molar-refractivity contribution is 7.80. The van der Waals surface area contributed by atoms with Crippen LogP contribution in [0.15, 0.2) is 41.5 Å². The van der Waals surface area contributed by atoms with Gasteiger partial charge in [-0.3, -0.25) is 10.9 Å². The fraction of sp³-hybridized carbons (Fsp3) is 0.235. The Labute approximate surface area is 162 Å². The second-order valence-electron chi connectivity index (χ2n) is 5.58. The largest absolute Gasteiger partial charge is 0.294 e. The van der Waals surface area contributed by atoms with Gasteiger partial charge in [0.15, 0.2) is 0 Å². The highest BCUT2D eigenvalue weighted by atomic mass is 35.5. The van der Waals surface area contributed by atoms with Crippen LogP contribution in [0.3, 0.4) is 0 Å². The number of hydrazone groups is 1. The number of benzene rings is 1. The van der Waals surface area contributed by atoms with Crippen molar-refractivity contribution in [1.29, 1.82) is 0 Å². The average molecular weight is 394 g/mol. The van der Waals surface area contributed by atoms with Crippen LogP contribution < -0.4 is 10.9 Å². The monoisotopic (exact) mass is 393 g/mol. The summed E-state index contributed by atoms with van der Waals surface area (Å²) >= 11 is 17.4. The van der Waals surface area contributed by atoms with Gasteiger partial charge in [-0.15, -0.1) is 0 Å². The number of hydrogen-bond acceptors (Lipinski definition) is 4. The van der Waals surface area contributed by atoms with Gasteiger partial charge in [0.05, 0.1) is 22.6 Å². The van der Waals surface area contributed by atoms with Crippen LogP contribution in [0.1, 0.15) is 18.5 Å². The van der Waals surface area contributed by atoms with E-state index in [1.165, 1.54) is 12.8 Å². The highest BCUT2D eigenvalue weighted by Gasteiger charge is 2.11. The molecule has 1 fully saturated rings. The predicted molar refractivity (Wildman–Crippen MR) is 107 cm³/mol. The van der Waals surface area contributed by atoms with E-state index in [-0.39, 0.29) is 0 Å². The minimum absolute atomic E-state index is 0.468. The molecule has 5 nitrogen and oxygen atoms in total. The summed E-state index contributed by atoms with van der Waals surface area (Å²) in [5.41, 5.74) is 8.17. The van der Waals surface area contributed by atoms with Crippen molar-refractivity contribution in [2.75, 3.05) is 13.1 Å². The Hall–Kier alpha value is -1.73. The molecule has 0 unspecified atom stereocenters. The van der Waals surface area contributed by atoms with Crippen LogP contribution in [0.2, 0.25) is 10.0 Å². The van der Waals surface area contributed by atoms with E-state index in [4.69, 9.17) is 35.4 Å². The van der Waals surface area contributed by atoms with E-state index in [1.54, 1.807) is 18.3 Å². The van der Waals surface area contributed by atoms with Crippen molar-refractivity contribution >= 4 is 46.7 Å². The van der Waals surface area contributed by atoms with Gasteiger partial charge >= 0.3 is 0 Å². The van der Waals surface area contributed by atoms with Gasteiger partial charge in [0, 0.05) is 23.7 Å². The van der Waals surface area contributed by atoms with Crippen molar-refractivity contribution in [3.05, 3.63) is 52.1 Å². The highest BCUT2D eigenvalue weighted by Crippen LogP contribution is 2.28. The molecule has 0 atom stereocenters. The molecular formula is C17H17Cl2N5S. The molecule has 0 aliphatic carbocycles. The summed E-state index contributed by atoms with van der Waals surface area (Å²) in [6.45, 7) is 1.99. The number of nitrogens with zero attached hydrogens (tertiary/aromatic N) is 3. The molecule has 1 saturated heterocycles. The first kappa shape index (κ1) is 18.1. The van der Waals surface area contributed by atoms with Gasteiger partial charge in [0.25, 0.3) is 0 Å². The zero-order chi connectivity index (χ0) is 17.6. The van der Waals surface area contributed by atoms with Crippen molar-refractivity contribution in [2.24, 2.45) is 5.10 Å². The molecule has 0 bridgehead atoms. The minimum atomic E-state index is 0.468. The minimum Gasteiger partial charge on any atom is -0.294 e. The van der Waals surface area contributed by atoms with E-state index in [0.717, 1.165) is 24.3 Å². The van der Waals surface area contributed by atoms with E-state index < -0.39 is 0 Å². The van der Waals surface area contributed by atoms with Gasteiger partial charge in [-0.05, 0) is 55.4 Å². The molecule has 3 rings (SSSR count). The molecule has 25 heavy (non-hydrogen) atoms. The normalized spacial score (nSPS) is 14.8. The molecule has 1 aromatic heterocycles. The molecular weight excluding hydrogens is 377 g/mol. The first-order valence-electron chi connectivity index (χ1n) is 7.89. The summed E-state index contributed by atoms with van der Waals surface area (Å²) in [5.74, 6) is 0. The second-order valence-corrected chi connectivity index (χ2v) is 6.83. The maximum absolute atomic E-state index is 6.24. The number of hydrazine groups is 1. The number of halogens is 2. The summed E-state index contributed by atoms with van der Waals surface area (Å²) in [6, 6.07) is 11.0. The van der Waals surface area contributed by atoms with Crippen molar-refractivity contribution in [1.82, 2.24) is 20.8 Å². The van der Waals surface area contributed by atoms with E-state index in [1.807, 2.05) is 24.3 Å². The number of thiocarbonyl (C=S) groups is 1. The number of pyridine rings is 1. The molecule has 2 N–H and O–H groups in total. The van der Waals surface area contributed by atoms with Gasteiger partial charge in [-0.25, -0.2) is 9.99 Å². The molecule has 8 heteroatoms. The van der Waals surface area contributed by atoms with E-state index in [0.29, 0.717) is 20.9 Å². The number of nitrogens with one attached hydrogen (secondary N) is 2. The fourth-order valence-electron chi connectivity index (χ4n) is 2.53. The number of hydrogen-bond donors (Lipinski definition) is 2. The van der Waals surface area contributed by atoms with Crippen molar-refractivity contribution in [3.8, 4) is 11.3 Å². The summed E-state index contributed by atoms with van der Waals surface area (Å²) < 4.78 is 0. The lowest BCUT2D eigenvalue weighted by Crippen LogP contribution is -2.44. The molecule has 0 spiro atoms. The van der Waals surface area contributed by atoms with Crippen LogP contribution in [0.4, 0.5) is 0 Å². The molecule has 0 amide bonds. The maximum Gasteiger partial charge on any atom is 0.201 e. The van der Waals surface area contributed by atoms with Crippen LogP contribution >= 0.6 is 35.4 Å². The fourth-order valence-corrected chi connectivity index (χ4v) is 3.21. The van der Waals surface area contributed by atoms with E-state index in [9.17, 15) is 0 Å². The lowest BCUT2D eigenvalue weighted by atomic mass is 10.1. The Kier molecular flexibility index (Phi) is 6.20. The summed E-state index contributed by atoms with van der Waals surface area (Å²) in [5, 5.41) is 7.83. The summed E-state index contributed by atoms with van der Waals surface area (Å²) in [7, 11) is 0. The SMILES string of the molecule is S=C(NN=Cc1cccc(-c2ccc(Cl)cc2Cl)n1)NN1CCCC1. The van der Waals surface area contributed by atoms with Gasteiger partial charge in [-0.2, -0.15) is 5.10 Å². The Morgan fingerprint density at radius 3 is 2.76 bits per heavy atom. The smallest absolute Gasteiger partial charge is 0.201 e. The standard InChI is InChI=1S/C17H17Cl2N5S/c18-12-6-7-14(15(19)10-12)16-5-3-4-13(21-16)11-20-22-17(25)23-24-8-1-2-9-24/h3-7,10-11H,1-2,8-9H2,(H2,22,23,25). The molecule has 1 aromatic carbocycles. The van der Waals surface area contributed by atoms with Crippen LogP contribution in [0.25, 0.3) is 11.3 Å². The quantitative estimate of drug-likeness (QED) is 0.469. The molecule has 1 aliphatic heterocycles. The summed E-state index contributed by atoms with van der Waals surface area (Å²) in [4.78, 5) is 4.54. The lowest BCUT2D eigenvalue weighted by molar-refractivity contribution is 0.294. The Morgan fingerprint density at radius 1 is 1.20 bits per heavy atom. The first-order valence-corrected chi connectivity index (χ1v) is 9.05. The molecule has 130 valence electrons. The molecule has 0 saturated carbocycles. The van der Waals surface area contributed by atoms with Crippen molar-refractivity contribution in [2.45, 2.75) is 12.8 Å². The number of aromatic nitrogens is 1. The maximum atomic E-state index is 6.24. The molecule has 1 aliphatic rings. The predicted octanol–water partition coefficient (Wildman–Crippen LogP) is 3.86. The van der Waals surface area contributed by atoms with Crippen LogP contribution in [0.5, 0.6) is 0 Å². The lowest BCUT2D eigenvalue weighted by Gasteiger charge is -2.17. The summed E-state index contributed by atoms with van der Waals surface area (Å²) in [6.07, 6.45) is 3.98.